The highest BCUT2D eigenvalue weighted by Crippen LogP contribution is 2.20. The molecule has 0 spiro atoms. The lowest BCUT2D eigenvalue weighted by Crippen LogP contribution is -2.45. The van der Waals surface area contributed by atoms with E-state index in [1.165, 1.54) is 0 Å². The predicted octanol–water partition coefficient (Wildman–Crippen LogP) is 4.44. The van der Waals surface area contributed by atoms with E-state index in [2.05, 4.69) is 6.58 Å². The summed E-state index contributed by atoms with van der Waals surface area (Å²) in [7, 11) is -2.52. The molecular formula is C23H44O8Si. The fraction of sp³-hybridized carbons (Fsp3) is 0.826. The number of carbonyl (C=O) groups is 2. The van der Waals surface area contributed by atoms with E-state index in [0.29, 0.717) is 58.1 Å². The lowest BCUT2D eigenvalue weighted by molar-refractivity contribution is -0.144. The Kier molecular flexibility index (Phi) is 19.5. The molecule has 0 bridgehead atoms. The van der Waals surface area contributed by atoms with Gasteiger partial charge in [0.05, 0.1) is 13.2 Å². The zero-order valence-corrected chi connectivity index (χ0v) is 21.6. The number of rotatable bonds is 22. The summed E-state index contributed by atoms with van der Waals surface area (Å²) in [6.07, 6.45) is 5.96. The standard InChI is InChI=1S/C23H44O8Si/c1-6-29-32(30-7-2,31-8-3)20-13-11-9-10-12-17-27-22(24)15-14-16-26-18-19-28-23(25)21(4)5/h4,6-20H2,1-3,5H3. The minimum absolute atomic E-state index is 0.183. The van der Waals surface area contributed by atoms with Gasteiger partial charge in [0.1, 0.15) is 6.61 Å². The highest BCUT2D eigenvalue weighted by atomic mass is 28.4. The van der Waals surface area contributed by atoms with Gasteiger partial charge in [-0.25, -0.2) is 4.79 Å². The van der Waals surface area contributed by atoms with Gasteiger partial charge < -0.3 is 27.5 Å². The molecule has 0 heterocycles. The summed E-state index contributed by atoms with van der Waals surface area (Å²) in [5.74, 6) is -0.628. The maximum Gasteiger partial charge on any atom is 0.500 e. The Morgan fingerprint density at radius 3 is 1.91 bits per heavy atom. The molecule has 0 atom stereocenters. The Balaban J connectivity index is 3.64. The van der Waals surface area contributed by atoms with Crippen molar-refractivity contribution in [2.24, 2.45) is 0 Å². The lowest BCUT2D eigenvalue weighted by atomic mass is 10.2. The van der Waals surface area contributed by atoms with E-state index in [1.54, 1.807) is 6.92 Å². The second-order valence-electron chi connectivity index (χ2n) is 7.35. The van der Waals surface area contributed by atoms with E-state index in [-0.39, 0.29) is 12.6 Å². The molecule has 0 aliphatic carbocycles. The van der Waals surface area contributed by atoms with Gasteiger partial charge in [-0.15, -0.1) is 0 Å². The summed E-state index contributed by atoms with van der Waals surface area (Å²) < 4.78 is 33.1. The van der Waals surface area contributed by atoms with Gasteiger partial charge in [0.2, 0.25) is 0 Å². The van der Waals surface area contributed by atoms with Crippen molar-refractivity contribution in [3.63, 3.8) is 0 Å². The molecule has 32 heavy (non-hydrogen) atoms. The second kappa shape index (κ2) is 20.4. The van der Waals surface area contributed by atoms with E-state index < -0.39 is 14.8 Å². The van der Waals surface area contributed by atoms with Crippen molar-refractivity contribution in [2.75, 3.05) is 46.2 Å². The van der Waals surface area contributed by atoms with Crippen LogP contribution in [0.2, 0.25) is 6.04 Å². The third-order valence-electron chi connectivity index (χ3n) is 4.46. The molecule has 0 amide bonds. The van der Waals surface area contributed by atoms with Crippen LogP contribution in [0.15, 0.2) is 12.2 Å². The lowest BCUT2D eigenvalue weighted by Gasteiger charge is -2.28. The van der Waals surface area contributed by atoms with Gasteiger partial charge in [0.15, 0.2) is 0 Å². The molecule has 0 N–H and O–H groups in total. The first kappa shape index (κ1) is 30.7. The van der Waals surface area contributed by atoms with Crippen LogP contribution in [0.3, 0.4) is 0 Å². The van der Waals surface area contributed by atoms with Crippen LogP contribution in [0.25, 0.3) is 0 Å². The quantitative estimate of drug-likeness (QED) is 0.0980. The maximum atomic E-state index is 11.7. The van der Waals surface area contributed by atoms with Crippen molar-refractivity contribution in [1.82, 2.24) is 0 Å². The van der Waals surface area contributed by atoms with Crippen LogP contribution in [-0.2, 0) is 37.1 Å². The van der Waals surface area contributed by atoms with Crippen molar-refractivity contribution >= 4 is 20.7 Å². The molecule has 0 aliphatic rings. The number of unbranched alkanes of at least 4 members (excludes halogenated alkanes) is 4. The molecule has 0 radical (unpaired) electrons. The second-order valence-corrected chi connectivity index (χ2v) is 10.1. The van der Waals surface area contributed by atoms with E-state index in [0.717, 1.165) is 38.1 Å². The molecule has 0 saturated heterocycles. The summed E-state index contributed by atoms with van der Waals surface area (Å²) in [6, 6.07) is 0.843. The third kappa shape index (κ3) is 16.4. The normalized spacial score (nSPS) is 11.4. The van der Waals surface area contributed by atoms with Gasteiger partial charge in [-0.3, -0.25) is 4.79 Å². The van der Waals surface area contributed by atoms with Crippen molar-refractivity contribution in [2.45, 2.75) is 78.7 Å². The summed E-state index contributed by atoms with van der Waals surface area (Å²) in [5, 5.41) is 0. The molecule has 0 aliphatic heterocycles. The van der Waals surface area contributed by atoms with Gasteiger partial charge in [-0.2, -0.15) is 0 Å². The van der Waals surface area contributed by atoms with Crippen molar-refractivity contribution in [1.29, 1.82) is 0 Å². The van der Waals surface area contributed by atoms with Crippen LogP contribution in [0, 0.1) is 0 Å². The Hall–Kier alpha value is -1.26. The fourth-order valence-corrected chi connectivity index (χ4v) is 5.66. The fourth-order valence-electron chi connectivity index (χ4n) is 2.97. The molecule has 0 saturated carbocycles. The predicted molar refractivity (Wildman–Crippen MR) is 125 cm³/mol. The molecular weight excluding hydrogens is 432 g/mol. The van der Waals surface area contributed by atoms with E-state index >= 15 is 0 Å². The van der Waals surface area contributed by atoms with Gasteiger partial charge in [-0.05, 0) is 47.0 Å². The Bertz CT molecular complexity index is 495. The zero-order valence-electron chi connectivity index (χ0n) is 20.6. The average Bonchev–Trinajstić information content (AvgIpc) is 2.75. The number of hydrogen-bond acceptors (Lipinski definition) is 8. The first-order valence-corrected chi connectivity index (χ1v) is 13.8. The monoisotopic (exact) mass is 476 g/mol. The SMILES string of the molecule is C=C(C)C(=O)OCCOCCCC(=O)OCCCCCCC[Si](OCC)(OCC)OCC. The first-order valence-electron chi connectivity index (χ1n) is 11.9. The molecule has 0 unspecified atom stereocenters. The largest absolute Gasteiger partial charge is 0.500 e. The van der Waals surface area contributed by atoms with Crippen LogP contribution >= 0.6 is 0 Å². The Labute approximate surface area is 195 Å². The summed E-state index contributed by atoms with van der Waals surface area (Å²) in [4.78, 5) is 22.9. The molecule has 0 aromatic carbocycles. The van der Waals surface area contributed by atoms with Crippen LogP contribution in [0.5, 0.6) is 0 Å². The highest BCUT2D eigenvalue weighted by Gasteiger charge is 2.39. The summed E-state index contributed by atoms with van der Waals surface area (Å²) >= 11 is 0. The number of carbonyl (C=O) groups excluding carboxylic acids is 2. The first-order chi connectivity index (χ1) is 15.4. The van der Waals surface area contributed by atoms with E-state index in [4.69, 9.17) is 27.5 Å². The van der Waals surface area contributed by atoms with Crippen molar-refractivity contribution in [3.8, 4) is 0 Å². The number of ether oxygens (including phenoxy) is 3. The summed E-state index contributed by atoms with van der Waals surface area (Å²) in [5.41, 5.74) is 0.362. The van der Waals surface area contributed by atoms with Crippen molar-refractivity contribution in [3.05, 3.63) is 12.2 Å². The topological polar surface area (TPSA) is 89.5 Å². The highest BCUT2D eigenvalue weighted by molar-refractivity contribution is 6.60. The van der Waals surface area contributed by atoms with Crippen LogP contribution in [-0.4, -0.2) is 67.0 Å². The molecule has 0 fully saturated rings. The number of hydrogen-bond donors (Lipinski definition) is 0. The molecule has 9 heteroatoms. The molecule has 0 aromatic heterocycles. The van der Waals surface area contributed by atoms with Crippen molar-refractivity contribution < 1.29 is 37.1 Å². The van der Waals surface area contributed by atoms with Gasteiger partial charge in [-0.1, -0.05) is 25.8 Å². The Morgan fingerprint density at radius 2 is 1.31 bits per heavy atom. The smallest absolute Gasteiger partial charge is 0.466 e. The molecule has 0 rings (SSSR count). The van der Waals surface area contributed by atoms with E-state index in [9.17, 15) is 9.59 Å². The molecule has 8 nitrogen and oxygen atoms in total. The molecule has 188 valence electrons. The number of esters is 2. The van der Waals surface area contributed by atoms with Crippen LogP contribution in [0.4, 0.5) is 0 Å². The van der Waals surface area contributed by atoms with Crippen LogP contribution in [0.1, 0.15) is 72.6 Å². The summed E-state index contributed by atoms with van der Waals surface area (Å²) in [6.45, 7) is 14.2. The van der Waals surface area contributed by atoms with Gasteiger partial charge in [0, 0.05) is 44.5 Å². The van der Waals surface area contributed by atoms with E-state index in [1.807, 2.05) is 20.8 Å². The minimum atomic E-state index is -2.52. The van der Waals surface area contributed by atoms with Gasteiger partial charge >= 0.3 is 20.7 Å². The average molecular weight is 477 g/mol. The zero-order chi connectivity index (χ0) is 24.1. The maximum absolute atomic E-state index is 11.7. The van der Waals surface area contributed by atoms with Gasteiger partial charge in [0.25, 0.3) is 0 Å². The Morgan fingerprint density at radius 1 is 0.719 bits per heavy atom. The minimum Gasteiger partial charge on any atom is -0.466 e. The van der Waals surface area contributed by atoms with Crippen LogP contribution < -0.4 is 0 Å². The molecule has 0 aromatic rings. The third-order valence-corrected chi connectivity index (χ3v) is 7.61.